The van der Waals surface area contributed by atoms with E-state index < -0.39 is 35.0 Å². The molecule has 1 N–H and O–H groups in total. The first-order chi connectivity index (χ1) is 15.0. The normalized spacial score (nSPS) is 17.9. The van der Waals surface area contributed by atoms with Crippen LogP contribution in [0.25, 0.3) is 0 Å². The fraction of sp³-hybridized carbons (Fsp3) is 0.136. The minimum Gasteiger partial charge on any atom is -0.322 e. The largest absolute Gasteiger partial charge is 0.416 e. The van der Waals surface area contributed by atoms with Gasteiger partial charge in [-0.1, -0.05) is 17.7 Å². The molecule has 4 rings (SSSR count). The number of hydrogen-bond donors (Lipinski definition) is 1. The average molecular weight is 488 g/mol. The Morgan fingerprint density at radius 3 is 2.44 bits per heavy atom. The second-order valence-electron chi connectivity index (χ2n) is 7.04. The lowest BCUT2D eigenvalue weighted by Gasteiger charge is -2.22. The van der Waals surface area contributed by atoms with Crippen molar-refractivity contribution in [2.24, 2.45) is 0 Å². The molecule has 0 aliphatic carbocycles. The van der Waals surface area contributed by atoms with E-state index in [4.69, 9.17) is 11.6 Å². The number of carbonyl (C=O) groups is 1. The molecule has 3 aromatic carbocycles. The predicted octanol–water partition coefficient (Wildman–Crippen LogP) is 7.09. The topological polar surface area (TPSA) is 29.1 Å². The highest BCUT2D eigenvalue weighted by molar-refractivity contribution is 7.98. The molecule has 0 aromatic heterocycles. The standard InChI is InChI=1S/C22H12ClF6NOS/c23-13-2-6-19(32-10-11-7-14(24)3-5-17(11)25)16(9-13)21(26)15-4-1-12(22(27,28)29)8-18(15)30-20(21)31/h1-9H,10H2,(H,30,31). The van der Waals surface area contributed by atoms with Crippen LogP contribution in [0.2, 0.25) is 5.02 Å². The van der Waals surface area contributed by atoms with Crippen LogP contribution in [0.5, 0.6) is 0 Å². The lowest BCUT2D eigenvalue weighted by Crippen LogP contribution is -2.31. The van der Waals surface area contributed by atoms with Crippen LogP contribution in [0.15, 0.2) is 59.5 Å². The molecular formula is C22H12ClF6NOS. The lowest BCUT2D eigenvalue weighted by molar-refractivity contribution is -0.137. The molecule has 10 heteroatoms. The van der Waals surface area contributed by atoms with Crippen LogP contribution in [0.1, 0.15) is 22.3 Å². The van der Waals surface area contributed by atoms with Crippen LogP contribution < -0.4 is 5.32 Å². The van der Waals surface area contributed by atoms with Crippen molar-refractivity contribution in [1.82, 2.24) is 0 Å². The van der Waals surface area contributed by atoms with E-state index in [1.165, 1.54) is 18.2 Å². The monoisotopic (exact) mass is 487 g/mol. The average Bonchev–Trinajstić information content (AvgIpc) is 2.99. The number of anilines is 1. The first-order valence-corrected chi connectivity index (χ1v) is 10.5. The van der Waals surface area contributed by atoms with Crippen LogP contribution >= 0.6 is 23.4 Å². The first kappa shape index (κ1) is 22.5. The Labute approximate surface area is 187 Å². The quantitative estimate of drug-likeness (QED) is 0.314. The number of halogens is 7. The number of amides is 1. The number of fused-ring (bicyclic) bond motifs is 1. The number of nitrogens with one attached hydrogen (secondary N) is 1. The van der Waals surface area contributed by atoms with Crippen molar-refractivity contribution >= 4 is 35.0 Å². The molecule has 1 unspecified atom stereocenters. The molecule has 0 bridgehead atoms. The fourth-order valence-corrected chi connectivity index (χ4v) is 4.65. The van der Waals surface area contributed by atoms with Crippen LogP contribution in [-0.2, 0) is 22.4 Å². The molecule has 0 spiro atoms. The van der Waals surface area contributed by atoms with E-state index in [0.717, 1.165) is 36.0 Å². The van der Waals surface area contributed by atoms with E-state index in [-0.39, 0.29) is 38.0 Å². The van der Waals surface area contributed by atoms with Gasteiger partial charge in [0.05, 0.1) is 5.56 Å². The number of carbonyl (C=O) groups excluding carboxylic acids is 1. The summed E-state index contributed by atoms with van der Waals surface area (Å²) in [5.74, 6) is -2.57. The smallest absolute Gasteiger partial charge is 0.322 e. The van der Waals surface area contributed by atoms with Crippen LogP contribution in [0.4, 0.5) is 32.0 Å². The molecular weight excluding hydrogens is 476 g/mol. The predicted molar refractivity (Wildman–Crippen MR) is 109 cm³/mol. The molecule has 1 aliphatic heterocycles. The van der Waals surface area contributed by atoms with E-state index in [9.17, 15) is 26.7 Å². The summed E-state index contributed by atoms with van der Waals surface area (Å²) in [6.45, 7) is 0. The van der Waals surface area contributed by atoms with Gasteiger partial charge in [-0.3, -0.25) is 4.79 Å². The summed E-state index contributed by atoms with van der Waals surface area (Å²) in [5, 5.41) is 2.25. The summed E-state index contributed by atoms with van der Waals surface area (Å²) in [6, 6.07) is 9.21. The Morgan fingerprint density at radius 1 is 0.969 bits per heavy atom. The fourth-order valence-electron chi connectivity index (χ4n) is 3.43. The summed E-state index contributed by atoms with van der Waals surface area (Å²) in [5.41, 5.74) is -4.65. The molecule has 3 aromatic rings. The zero-order valence-electron chi connectivity index (χ0n) is 15.9. The van der Waals surface area contributed by atoms with Gasteiger partial charge in [-0.05, 0) is 48.5 Å². The number of alkyl halides is 4. The minimum atomic E-state index is -4.67. The Morgan fingerprint density at radius 2 is 1.72 bits per heavy atom. The summed E-state index contributed by atoms with van der Waals surface area (Å²) in [7, 11) is 0. The van der Waals surface area contributed by atoms with Crippen molar-refractivity contribution in [2.75, 3.05) is 5.32 Å². The lowest BCUT2D eigenvalue weighted by atomic mass is 9.88. The van der Waals surface area contributed by atoms with Crippen LogP contribution in [0, 0.1) is 11.6 Å². The van der Waals surface area contributed by atoms with Crippen molar-refractivity contribution in [1.29, 1.82) is 0 Å². The molecule has 1 aliphatic rings. The molecule has 1 amide bonds. The van der Waals surface area contributed by atoms with Gasteiger partial charge in [0, 0.05) is 38.0 Å². The molecule has 1 atom stereocenters. The Kier molecular flexibility index (Phi) is 5.67. The van der Waals surface area contributed by atoms with Crippen LogP contribution in [0.3, 0.4) is 0 Å². The minimum absolute atomic E-state index is 0.0231. The zero-order valence-corrected chi connectivity index (χ0v) is 17.4. The van der Waals surface area contributed by atoms with Crippen molar-refractivity contribution < 1.29 is 31.1 Å². The molecule has 166 valence electrons. The SMILES string of the molecule is O=C1Nc2cc(C(F)(F)F)ccc2C1(F)c1cc(Cl)ccc1SCc1cc(F)ccc1F. The number of hydrogen-bond acceptors (Lipinski definition) is 2. The summed E-state index contributed by atoms with van der Waals surface area (Å²) >= 11 is 6.95. The molecule has 0 fully saturated rings. The zero-order chi connectivity index (χ0) is 23.3. The summed E-state index contributed by atoms with van der Waals surface area (Å²) < 4.78 is 82.8. The highest BCUT2D eigenvalue weighted by Gasteiger charge is 2.51. The Hall–Kier alpha value is -2.65. The van der Waals surface area contributed by atoms with Gasteiger partial charge >= 0.3 is 6.18 Å². The summed E-state index contributed by atoms with van der Waals surface area (Å²) in [6.07, 6.45) is -4.67. The molecule has 32 heavy (non-hydrogen) atoms. The van der Waals surface area contributed by atoms with E-state index >= 15 is 4.39 Å². The highest BCUT2D eigenvalue weighted by atomic mass is 35.5. The van der Waals surface area contributed by atoms with Crippen molar-refractivity contribution in [2.45, 2.75) is 22.5 Å². The third kappa shape index (κ3) is 3.95. The maximum atomic E-state index is 16.3. The molecule has 0 saturated heterocycles. The van der Waals surface area contributed by atoms with Gasteiger partial charge in [0.25, 0.3) is 5.91 Å². The van der Waals surface area contributed by atoms with E-state index in [1.54, 1.807) is 0 Å². The Balaban J connectivity index is 1.76. The van der Waals surface area contributed by atoms with Crippen molar-refractivity contribution in [3.05, 3.63) is 93.5 Å². The van der Waals surface area contributed by atoms with Crippen molar-refractivity contribution in [3.8, 4) is 0 Å². The maximum Gasteiger partial charge on any atom is 0.416 e. The second kappa shape index (κ2) is 8.04. The van der Waals surface area contributed by atoms with E-state index in [2.05, 4.69) is 5.32 Å². The summed E-state index contributed by atoms with van der Waals surface area (Å²) in [4.78, 5) is 12.8. The van der Waals surface area contributed by atoms with Gasteiger partial charge < -0.3 is 5.32 Å². The van der Waals surface area contributed by atoms with Crippen LogP contribution in [-0.4, -0.2) is 5.91 Å². The van der Waals surface area contributed by atoms with Gasteiger partial charge in [-0.2, -0.15) is 13.2 Å². The maximum absolute atomic E-state index is 16.3. The second-order valence-corrected chi connectivity index (χ2v) is 8.49. The number of rotatable bonds is 4. The molecule has 1 heterocycles. The molecule has 2 nitrogen and oxygen atoms in total. The van der Waals surface area contributed by atoms with Gasteiger partial charge in [-0.15, -0.1) is 11.8 Å². The van der Waals surface area contributed by atoms with Crippen molar-refractivity contribution in [3.63, 3.8) is 0 Å². The molecule has 0 radical (unpaired) electrons. The third-order valence-electron chi connectivity index (χ3n) is 4.98. The van der Waals surface area contributed by atoms with Gasteiger partial charge in [0.15, 0.2) is 0 Å². The van der Waals surface area contributed by atoms with E-state index in [0.29, 0.717) is 12.1 Å². The van der Waals surface area contributed by atoms with E-state index in [1.807, 2.05) is 0 Å². The van der Waals surface area contributed by atoms with Gasteiger partial charge in [-0.25, -0.2) is 13.2 Å². The number of benzene rings is 3. The highest BCUT2D eigenvalue weighted by Crippen LogP contribution is 2.49. The Bertz CT molecular complexity index is 1230. The van der Waals surface area contributed by atoms with Gasteiger partial charge in [0.2, 0.25) is 5.67 Å². The first-order valence-electron chi connectivity index (χ1n) is 9.09. The van der Waals surface area contributed by atoms with Gasteiger partial charge in [0.1, 0.15) is 11.6 Å². The molecule has 0 saturated carbocycles. The number of thioether (sulfide) groups is 1. The third-order valence-corrected chi connectivity index (χ3v) is 6.34.